The number of para-hydroxylation sites is 1. The lowest BCUT2D eigenvalue weighted by atomic mass is 10.0. The fourth-order valence-corrected chi connectivity index (χ4v) is 4.42. The smallest absolute Gasteiger partial charge is 0.410 e. The van der Waals surface area contributed by atoms with Gasteiger partial charge in [-0.05, 0) is 31.1 Å². The van der Waals surface area contributed by atoms with Crippen molar-refractivity contribution in [1.82, 2.24) is 4.90 Å². The van der Waals surface area contributed by atoms with Crippen molar-refractivity contribution in [2.45, 2.75) is 19.9 Å². The molecule has 1 aliphatic heterocycles. The molecule has 0 fully saturated rings. The van der Waals surface area contributed by atoms with Gasteiger partial charge in [-0.25, -0.2) is 4.79 Å². The van der Waals surface area contributed by atoms with Gasteiger partial charge in [0.2, 0.25) is 5.91 Å². The fourth-order valence-electron chi connectivity index (χ4n) is 3.20. The number of benzene rings is 1. The molecular formula is C22H23N3O5S. The van der Waals surface area contributed by atoms with Crippen molar-refractivity contribution in [3.05, 3.63) is 51.9 Å². The summed E-state index contributed by atoms with van der Waals surface area (Å²) in [5.41, 5.74) is 2.01. The van der Waals surface area contributed by atoms with Crippen LogP contribution in [0.2, 0.25) is 0 Å². The van der Waals surface area contributed by atoms with Gasteiger partial charge in [0.1, 0.15) is 23.4 Å². The second-order valence-corrected chi connectivity index (χ2v) is 7.73. The van der Waals surface area contributed by atoms with Crippen LogP contribution in [0.4, 0.5) is 9.80 Å². The second-order valence-electron chi connectivity index (χ2n) is 6.62. The van der Waals surface area contributed by atoms with Crippen LogP contribution in [0.1, 0.15) is 28.5 Å². The van der Waals surface area contributed by atoms with Gasteiger partial charge in [0.05, 0.1) is 25.3 Å². The van der Waals surface area contributed by atoms with Crippen LogP contribution < -0.4 is 10.1 Å². The number of hydrogen-bond donors (Lipinski definition) is 2. The SMILES string of the molecule is CCOC(=O)N1CCc2c(sc(NC(=O)/C=C/c3ccccc3OCCO)c2C#N)C1. The number of hydrogen-bond acceptors (Lipinski definition) is 7. The molecule has 9 heteroatoms. The largest absolute Gasteiger partial charge is 0.491 e. The Kier molecular flexibility index (Phi) is 7.65. The second kappa shape index (κ2) is 10.6. The number of anilines is 1. The molecule has 0 spiro atoms. The topological polar surface area (TPSA) is 112 Å². The van der Waals surface area contributed by atoms with Crippen molar-refractivity contribution < 1.29 is 24.2 Å². The van der Waals surface area contributed by atoms with Gasteiger partial charge in [0, 0.05) is 23.1 Å². The number of fused-ring (bicyclic) bond motifs is 1. The van der Waals surface area contributed by atoms with Crippen molar-refractivity contribution in [2.24, 2.45) is 0 Å². The quantitative estimate of drug-likeness (QED) is 0.639. The van der Waals surface area contributed by atoms with Crippen LogP contribution >= 0.6 is 11.3 Å². The zero-order valence-corrected chi connectivity index (χ0v) is 17.9. The molecule has 0 radical (unpaired) electrons. The molecule has 2 amide bonds. The number of nitrogens with zero attached hydrogens (tertiary/aromatic N) is 2. The first-order valence-corrected chi connectivity index (χ1v) is 10.7. The van der Waals surface area contributed by atoms with E-state index in [1.807, 2.05) is 6.07 Å². The third-order valence-electron chi connectivity index (χ3n) is 4.61. The summed E-state index contributed by atoms with van der Waals surface area (Å²) in [5.74, 6) is 0.179. The first kappa shape index (κ1) is 22.3. The van der Waals surface area contributed by atoms with Gasteiger partial charge < -0.3 is 24.8 Å². The minimum absolute atomic E-state index is 0.105. The molecule has 2 N–H and O–H groups in total. The molecule has 0 aliphatic carbocycles. The van der Waals surface area contributed by atoms with Crippen LogP contribution in [-0.2, 0) is 22.5 Å². The number of rotatable bonds is 7. The predicted octanol–water partition coefficient (Wildman–Crippen LogP) is 3.16. The lowest BCUT2D eigenvalue weighted by Crippen LogP contribution is -2.35. The molecular weight excluding hydrogens is 418 g/mol. The van der Waals surface area contributed by atoms with Crippen molar-refractivity contribution >= 4 is 34.4 Å². The summed E-state index contributed by atoms with van der Waals surface area (Å²) in [6, 6.07) is 9.35. The Morgan fingerprint density at radius 1 is 1.39 bits per heavy atom. The highest BCUT2D eigenvalue weighted by Gasteiger charge is 2.27. The third-order valence-corrected chi connectivity index (χ3v) is 5.75. The van der Waals surface area contributed by atoms with E-state index in [4.69, 9.17) is 14.6 Å². The number of thiophene rings is 1. The number of nitriles is 1. The van der Waals surface area contributed by atoms with Crippen LogP contribution in [0.25, 0.3) is 6.08 Å². The number of carbonyl (C=O) groups is 2. The van der Waals surface area contributed by atoms with Gasteiger partial charge in [0.25, 0.3) is 0 Å². The summed E-state index contributed by atoms with van der Waals surface area (Å²) in [5, 5.41) is 21.8. The van der Waals surface area contributed by atoms with Crippen molar-refractivity contribution in [2.75, 3.05) is 31.7 Å². The van der Waals surface area contributed by atoms with Crippen LogP contribution in [0.3, 0.4) is 0 Å². The van der Waals surface area contributed by atoms with Gasteiger partial charge in [-0.2, -0.15) is 5.26 Å². The Bertz CT molecular complexity index is 1020. The van der Waals surface area contributed by atoms with E-state index >= 15 is 0 Å². The Balaban J connectivity index is 1.72. The molecule has 0 bridgehead atoms. The summed E-state index contributed by atoms with van der Waals surface area (Å²) in [6.45, 7) is 2.94. The zero-order chi connectivity index (χ0) is 22.2. The normalized spacial score (nSPS) is 12.9. The molecule has 8 nitrogen and oxygen atoms in total. The van der Waals surface area contributed by atoms with E-state index in [9.17, 15) is 14.9 Å². The highest BCUT2D eigenvalue weighted by Crippen LogP contribution is 2.36. The maximum absolute atomic E-state index is 12.5. The number of aliphatic hydroxyl groups is 1. The molecule has 0 unspecified atom stereocenters. The van der Waals surface area contributed by atoms with Crippen LogP contribution in [0.15, 0.2) is 30.3 Å². The van der Waals surface area contributed by atoms with E-state index in [-0.39, 0.29) is 25.2 Å². The lowest BCUT2D eigenvalue weighted by Gasteiger charge is -2.25. The summed E-state index contributed by atoms with van der Waals surface area (Å²) in [7, 11) is 0. The molecule has 1 aliphatic rings. The van der Waals surface area contributed by atoms with E-state index in [1.54, 1.807) is 36.1 Å². The minimum atomic E-state index is -0.380. The van der Waals surface area contributed by atoms with Gasteiger partial charge in [-0.1, -0.05) is 18.2 Å². The van der Waals surface area contributed by atoms with Gasteiger partial charge >= 0.3 is 6.09 Å². The molecule has 162 valence electrons. The van der Waals surface area contributed by atoms with Gasteiger partial charge in [-0.3, -0.25) is 4.79 Å². The maximum atomic E-state index is 12.5. The van der Waals surface area contributed by atoms with Crippen molar-refractivity contribution in [3.8, 4) is 11.8 Å². The summed E-state index contributed by atoms with van der Waals surface area (Å²) >= 11 is 1.30. The first-order valence-electron chi connectivity index (χ1n) is 9.85. The third kappa shape index (κ3) is 5.42. The molecule has 1 aromatic carbocycles. The number of carbonyl (C=O) groups excluding carboxylic acids is 2. The molecule has 1 aromatic heterocycles. The average molecular weight is 442 g/mol. The standard InChI is InChI=1S/C22H23N3O5S/c1-2-29-22(28)25-10-9-16-17(13-23)21(31-19(16)14-25)24-20(27)8-7-15-5-3-4-6-18(15)30-12-11-26/h3-8,26H,2,9-12,14H2,1H3,(H,24,27)/b8-7+. The molecule has 0 saturated carbocycles. The maximum Gasteiger partial charge on any atom is 0.410 e. The Morgan fingerprint density at radius 2 is 2.19 bits per heavy atom. The van der Waals surface area contributed by atoms with Crippen LogP contribution in [0, 0.1) is 11.3 Å². The molecule has 0 atom stereocenters. The fraction of sp³-hybridized carbons (Fsp3) is 0.318. The molecule has 31 heavy (non-hydrogen) atoms. The van der Waals surface area contributed by atoms with Crippen molar-refractivity contribution in [3.63, 3.8) is 0 Å². The molecule has 0 saturated heterocycles. The monoisotopic (exact) mass is 441 g/mol. The number of amides is 2. The van der Waals surface area contributed by atoms with E-state index in [0.29, 0.717) is 48.0 Å². The Hall–Kier alpha value is -3.35. The van der Waals surface area contributed by atoms with E-state index in [1.165, 1.54) is 17.4 Å². The predicted molar refractivity (Wildman–Crippen MR) is 117 cm³/mol. The first-order chi connectivity index (χ1) is 15.1. The molecule has 2 aromatic rings. The van der Waals surface area contributed by atoms with Crippen molar-refractivity contribution in [1.29, 1.82) is 5.26 Å². The van der Waals surface area contributed by atoms with Gasteiger partial charge in [0.15, 0.2) is 0 Å². The highest BCUT2D eigenvalue weighted by atomic mass is 32.1. The summed E-state index contributed by atoms with van der Waals surface area (Å²) < 4.78 is 10.5. The number of nitrogens with one attached hydrogen (secondary N) is 1. The average Bonchev–Trinajstić information content (AvgIpc) is 3.12. The summed E-state index contributed by atoms with van der Waals surface area (Å²) in [6.07, 6.45) is 3.14. The minimum Gasteiger partial charge on any atom is -0.491 e. The van der Waals surface area contributed by atoms with Crippen LogP contribution in [0.5, 0.6) is 5.75 Å². The van der Waals surface area contributed by atoms with E-state index in [2.05, 4.69) is 11.4 Å². The highest BCUT2D eigenvalue weighted by molar-refractivity contribution is 7.16. The molecule has 3 rings (SSSR count). The summed E-state index contributed by atoms with van der Waals surface area (Å²) in [4.78, 5) is 27.0. The lowest BCUT2D eigenvalue weighted by molar-refractivity contribution is -0.111. The zero-order valence-electron chi connectivity index (χ0n) is 17.1. The van der Waals surface area contributed by atoms with Gasteiger partial charge in [-0.15, -0.1) is 11.3 Å². The number of ether oxygens (including phenoxy) is 2. The Labute approximate surface area is 184 Å². The van der Waals surface area contributed by atoms with E-state index in [0.717, 1.165) is 10.4 Å². The molecule has 2 heterocycles. The number of aliphatic hydroxyl groups excluding tert-OH is 1. The van der Waals surface area contributed by atoms with E-state index < -0.39 is 0 Å². The van der Waals surface area contributed by atoms with Crippen LogP contribution in [-0.4, -0.2) is 48.4 Å². The Morgan fingerprint density at radius 3 is 2.94 bits per heavy atom.